The van der Waals surface area contributed by atoms with Crippen LogP contribution in [0.4, 0.5) is 5.82 Å². The number of nitrogens with zero attached hydrogens (tertiary/aromatic N) is 3. The number of pyridine rings is 1. The Morgan fingerprint density at radius 3 is 2.94 bits per heavy atom. The van der Waals surface area contributed by atoms with E-state index in [-0.39, 0.29) is 12.5 Å². The second kappa shape index (κ2) is 6.01. The zero-order chi connectivity index (χ0) is 12.8. The number of nitriles is 1. The van der Waals surface area contributed by atoms with Crippen LogP contribution in [0.15, 0.2) is 18.3 Å². The molecule has 0 aromatic carbocycles. The van der Waals surface area contributed by atoms with E-state index in [0.29, 0.717) is 11.4 Å². The van der Waals surface area contributed by atoms with E-state index in [1.165, 1.54) is 6.42 Å². The van der Waals surface area contributed by atoms with Crippen LogP contribution < -0.4 is 5.32 Å². The first-order valence-corrected chi connectivity index (χ1v) is 6.18. The molecule has 1 saturated heterocycles. The van der Waals surface area contributed by atoms with E-state index in [4.69, 9.17) is 5.26 Å². The number of hydrogen-bond acceptors (Lipinski definition) is 4. The Kier molecular flexibility index (Phi) is 4.13. The van der Waals surface area contributed by atoms with Crippen LogP contribution in [0.3, 0.4) is 0 Å². The summed E-state index contributed by atoms with van der Waals surface area (Å²) < 4.78 is 0. The highest BCUT2D eigenvalue weighted by Crippen LogP contribution is 2.11. The molecule has 0 unspecified atom stereocenters. The molecule has 2 rings (SSSR count). The fourth-order valence-corrected chi connectivity index (χ4v) is 2.05. The maximum atomic E-state index is 11.9. The smallest absolute Gasteiger partial charge is 0.241 e. The molecule has 18 heavy (non-hydrogen) atoms. The first-order valence-electron chi connectivity index (χ1n) is 6.18. The normalized spacial score (nSPS) is 14.9. The molecule has 0 aliphatic carbocycles. The van der Waals surface area contributed by atoms with Gasteiger partial charge >= 0.3 is 0 Å². The third kappa shape index (κ3) is 2.98. The van der Waals surface area contributed by atoms with E-state index in [9.17, 15) is 4.79 Å². The highest BCUT2D eigenvalue weighted by molar-refractivity contribution is 5.81. The first-order chi connectivity index (χ1) is 8.81. The Morgan fingerprint density at radius 2 is 2.22 bits per heavy atom. The Hall–Kier alpha value is -2.09. The molecule has 0 atom stereocenters. The van der Waals surface area contributed by atoms with Gasteiger partial charge in [0.25, 0.3) is 0 Å². The van der Waals surface area contributed by atoms with Crippen molar-refractivity contribution in [1.82, 2.24) is 9.88 Å². The van der Waals surface area contributed by atoms with Crippen LogP contribution in [0.5, 0.6) is 0 Å². The minimum atomic E-state index is 0.0734. The average Bonchev–Trinajstić information content (AvgIpc) is 2.46. The number of carbonyl (C=O) groups excluding carboxylic acids is 1. The van der Waals surface area contributed by atoms with Crippen molar-refractivity contribution in [1.29, 1.82) is 5.26 Å². The summed E-state index contributed by atoms with van der Waals surface area (Å²) in [7, 11) is 0. The van der Waals surface area contributed by atoms with E-state index >= 15 is 0 Å². The molecule has 5 nitrogen and oxygen atoms in total. The maximum absolute atomic E-state index is 11.9. The number of piperidine rings is 1. The molecule has 94 valence electrons. The molecular formula is C13H16N4O. The molecule has 0 spiro atoms. The standard InChI is InChI=1S/C13H16N4O/c14-9-11-5-4-6-15-13(11)16-10-12(18)17-7-2-1-3-8-17/h4-6H,1-3,7-8,10H2,(H,15,16). The Labute approximate surface area is 106 Å². The molecule has 0 radical (unpaired) electrons. The lowest BCUT2D eigenvalue weighted by Crippen LogP contribution is -2.39. The molecule has 5 heteroatoms. The fraction of sp³-hybridized carbons (Fsp3) is 0.462. The van der Waals surface area contributed by atoms with Crippen molar-refractivity contribution in [2.75, 3.05) is 25.0 Å². The van der Waals surface area contributed by atoms with E-state index in [1.54, 1.807) is 18.3 Å². The molecule has 1 aliphatic heterocycles. The number of carbonyl (C=O) groups is 1. The topological polar surface area (TPSA) is 69.0 Å². The zero-order valence-electron chi connectivity index (χ0n) is 10.2. The highest BCUT2D eigenvalue weighted by atomic mass is 16.2. The van der Waals surface area contributed by atoms with Crippen molar-refractivity contribution in [3.05, 3.63) is 23.9 Å². The van der Waals surface area contributed by atoms with Gasteiger partial charge in [0.1, 0.15) is 11.9 Å². The van der Waals surface area contributed by atoms with Crippen LogP contribution in [-0.2, 0) is 4.79 Å². The molecule has 1 amide bonds. The number of anilines is 1. The lowest BCUT2D eigenvalue weighted by atomic mass is 10.1. The SMILES string of the molecule is N#Cc1cccnc1NCC(=O)N1CCCCC1. The van der Waals surface area contributed by atoms with E-state index < -0.39 is 0 Å². The summed E-state index contributed by atoms with van der Waals surface area (Å²) in [6.45, 7) is 1.88. The van der Waals surface area contributed by atoms with Gasteiger partial charge in [-0.25, -0.2) is 4.98 Å². The van der Waals surface area contributed by atoms with Gasteiger partial charge in [-0.15, -0.1) is 0 Å². The van der Waals surface area contributed by atoms with Gasteiger partial charge in [-0.05, 0) is 31.4 Å². The predicted octanol–water partition coefficient (Wildman–Crippen LogP) is 1.38. The summed E-state index contributed by atoms with van der Waals surface area (Å²) >= 11 is 0. The van der Waals surface area contributed by atoms with Gasteiger partial charge in [0.15, 0.2) is 0 Å². The van der Waals surface area contributed by atoms with Gasteiger partial charge < -0.3 is 10.2 Å². The molecule has 1 N–H and O–H groups in total. The molecule has 0 bridgehead atoms. The summed E-state index contributed by atoms with van der Waals surface area (Å²) in [4.78, 5) is 17.9. The van der Waals surface area contributed by atoms with Crippen molar-refractivity contribution in [3.8, 4) is 6.07 Å². The molecule has 2 heterocycles. The Bertz CT molecular complexity index is 460. The van der Waals surface area contributed by atoms with Gasteiger partial charge in [-0.2, -0.15) is 5.26 Å². The molecule has 1 fully saturated rings. The number of hydrogen-bond donors (Lipinski definition) is 1. The van der Waals surface area contributed by atoms with Gasteiger partial charge in [0.2, 0.25) is 5.91 Å². The zero-order valence-corrected chi connectivity index (χ0v) is 10.2. The molecule has 0 saturated carbocycles. The van der Waals surface area contributed by atoms with Gasteiger partial charge in [-0.3, -0.25) is 4.79 Å². The summed E-state index contributed by atoms with van der Waals surface area (Å²) in [5.74, 6) is 0.551. The quantitative estimate of drug-likeness (QED) is 0.872. The van der Waals surface area contributed by atoms with Gasteiger partial charge in [0, 0.05) is 19.3 Å². The largest absolute Gasteiger partial charge is 0.360 e. The number of aromatic nitrogens is 1. The summed E-state index contributed by atoms with van der Waals surface area (Å²) in [5.41, 5.74) is 0.462. The molecule has 1 aromatic rings. The number of likely N-dealkylation sites (tertiary alicyclic amines) is 1. The molecular weight excluding hydrogens is 228 g/mol. The van der Waals surface area contributed by atoms with Crippen molar-refractivity contribution in [2.45, 2.75) is 19.3 Å². The monoisotopic (exact) mass is 244 g/mol. The average molecular weight is 244 g/mol. The van der Waals surface area contributed by atoms with Crippen molar-refractivity contribution >= 4 is 11.7 Å². The van der Waals surface area contributed by atoms with Gasteiger partial charge in [0.05, 0.1) is 12.1 Å². The van der Waals surface area contributed by atoms with Gasteiger partial charge in [-0.1, -0.05) is 0 Å². The molecule has 1 aromatic heterocycles. The van der Waals surface area contributed by atoms with E-state index in [1.807, 2.05) is 11.0 Å². The Morgan fingerprint density at radius 1 is 1.44 bits per heavy atom. The maximum Gasteiger partial charge on any atom is 0.241 e. The van der Waals surface area contributed by atoms with Crippen LogP contribution in [0.25, 0.3) is 0 Å². The van der Waals surface area contributed by atoms with Crippen LogP contribution in [0.2, 0.25) is 0 Å². The van der Waals surface area contributed by atoms with Crippen molar-refractivity contribution in [3.63, 3.8) is 0 Å². The second-order valence-electron chi connectivity index (χ2n) is 4.31. The minimum Gasteiger partial charge on any atom is -0.360 e. The van der Waals surface area contributed by atoms with Crippen LogP contribution in [0, 0.1) is 11.3 Å². The number of nitrogens with one attached hydrogen (secondary N) is 1. The van der Waals surface area contributed by atoms with Crippen LogP contribution >= 0.6 is 0 Å². The second-order valence-corrected chi connectivity index (χ2v) is 4.31. The fourth-order valence-electron chi connectivity index (χ4n) is 2.05. The molecule has 1 aliphatic rings. The summed E-state index contributed by atoms with van der Waals surface area (Å²) in [6.07, 6.45) is 4.97. The first kappa shape index (κ1) is 12.4. The lowest BCUT2D eigenvalue weighted by Gasteiger charge is -2.26. The Balaban J connectivity index is 1.91. The number of rotatable bonds is 3. The highest BCUT2D eigenvalue weighted by Gasteiger charge is 2.16. The summed E-state index contributed by atoms with van der Waals surface area (Å²) in [6, 6.07) is 5.43. The van der Waals surface area contributed by atoms with E-state index in [0.717, 1.165) is 25.9 Å². The van der Waals surface area contributed by atoms with E-state index in [2.05, 4.69) is 10.3 Å². The summed E-state index contributed by atoms with van der Waals surface area (Å²) in [5, 5.41) is 11.8. The van der Waals surface area contributed by atoms with Crippen LogP contribution in [0.1, 0.15) is 24.8 Å². The van der Waals surface area contributed by atoms with Crippen LogP contribution in [-0.4, -0.2) is 35.4 Å². The third-order valence-corrected chi connectivity index (χ3v) is 3.04. The lowest BCUT2D eigenvalue weighted by molar-refractivity contribution is -0.130. The van der Waals surface area contributed by atoms with Crippen molar-refractivity contribution < 1.29 is 4.79 Å². The third-order valence-electron chi connectivity index (χ3n) is 3.04. The number of amides is 1. The minimum absolute atomic E-state index is 0.0734. The van der Waals surface area contributed by atoms with Crippen molar-refractivity contribution in [2.24, 2.45) is 0 Å². The predicted molar refractivity (Wildman–Crippen MR) is 67.9 cm³/mol.